The summed E-state index contributed by atoms with van der Waals surface area (Å²) in [6.07, 6.45) is 0. The van der Waals surface area contributed by atoms with Crippen LogP contribution in [0.25, 0.3) is 0 Å². The van der Waals surface area contributed by atoms with Crippen LogP contribution < -0.4 is 5.32 Å². The summed E-state index contributed by atoms with van der Waals surface area (Å²) in [5.41, 5.74) is 1.48. The Morgan fingerprint density at radius 1 is 1.45 bits per heavy atom. The molecule has 1 aliphatic rings. The van der Waals surface area contributed by atoms with Crippen molar-refractivity contribution in [3.05, 3.63) is 35.1 Å². The Bertz CT molecular complexity index is 473. The van der Waals surface area contributed by atoms with Gasteiger partial charge in [0, 0.05) is 19.1 Å². The van der Waals surface area contributed by atoms with E-state index >= 15 is 0 Å². The van der Waals surface area contributed by atoms with Gasteiger partial charge in [-0.1, -0.05) is 12.1 Å². The fraction of sp³-hybridized carbons (Fsp3) is 0.533. The first kappa shape index (κ1) is 14.9. The fourth-order valence-electron chi connectivity index (χ4n) is 2.16. The number of ether oxygens (including phenoxy) is 1. The summed E-state index contributed by atoms with van der Waals surface area (Å²) in [6, 6.07) is 5.10. The summed E-state index contributed by atoms with van der Waals surface area (Å²) < 4.78 is 18.7. The Hall–Kier alpha value is -1.46. The number of benzene rings is 1. The Kier molecular flexibility index (Phi) is 5.09. The van der Waals surface area contributed by atoms with Crippen molar-refractivity contribution in [3.63, 3.8) is 0 Å². The number of nitrogens with zero attached hydrogens (tertiary/aromatic N) is 1. The van der Waals surface area contributed by atoms with Crippen LogP contribution in [-0.4, -0.2) is 43.7 Å². The topological polar surface area (TPSA) is 41.6 Å². The highest BCUT2D eigenvalue weighted by Crippen LogP contribution is 2.16. The third kappa shape index (κ3) is 3.77. The lowest BCUT2D eigenvalue weighted by molar-refractivity contribution is -0.134. The smallest absolute Gasteiger partial charge is 0.236 e. The van der Waals surface area contributed by atoms with E-state index in [2.05, 4.69) is 5.32 Å². The number of aryl methyl sites for hydroxylation is 1. The molecule has 0 radical (unpaired) electrons. The van der Waals surface area contributed by atoms with E-state index in [0.29, 0.717) is 31.9 Å². The molecule has 1 unspecified atom stereocenters. The maximum absolute atomic E-state index is 13.5. The molecule has 0 bridgehead atoms. The van der Waals surface area contributed by atoms with Gasteiger partial charge in [0.15, 0.2) is 0 Å². The molecule has 0 saturated carbocycles. The van der Waals surface area contributed by atoms with Gasteiger partial charge in [0.1, 0.15) is 5.82 Å². The molecule has 1 atom stereocenters. The van der Waals surface area contributed by atoms with Gasteiger partial charge in [-0.15, -0.1) is 0 Å². The average molecular weight is 280 g/mol. The Morgan fingerprint density at radius 3 is 2.80 bits per heavy atom. The van der Waals surface area contributed by atoms with Gasteiger partial charge in [0.2, 0.25) is 5.91 Å². The second kappa shape index (κ2) is 6.81. The number of amides is 1. The molecule has 1 aromatic rings. The number of hydrogen-bond donors (Lipinski definition) is 1. The van der Waals surface area contributed by atoms with Crippen LogP contribution in [0.3, 0.4) is 0 Å². The highest BCUT2D eigenvalue weighted by atomic mass is 19.1. The summed E-state index contributed by atoms with van der Waals surface area (Å²) in [6.45, 7) is 6.42. The Balaban J connectivity index is 1.86. The number of rotatable bonds is 4. The second-order valence-corrected chi connectivity index (χ2v) is 5.10. The van der Waals surface area contributed by atoms with Crippen molar-refractivity contribution < 1.29 is 13.9 Å². The van der Waals surface area contributed by atoms with Crippen molar-refractivity contribution in [1.29, 1.82) is 0 Å². The largest absolute Gasteiger partial charge is 0.378 e. The predicted octanol–water partition coefficient (Wildman–Crippen LogP) is 1.64. The molecule has 1 fully saturated rings. The number of halogens is 1. The van der Waals surface area contributed by atoms with Crippen LogP contribution >= 0.6 is 0 Å². The summed E-state index contributed by atoms with van der Waals surface area (Å²) >= 11 is 0. The van der Waals surface area contributed by atoms with Crippen LogP contribution in [0.4, 0.5) is 4.39 Å². The van der Waals surface area contributed by atoms with E-state index in [9.17, 15) is 9.18 Å². The monoisotopic (exact) mass is 280 g/mol. The maximum Gasteiger partial charge on any atom is 0.236 e. The molecule has 1 N–H and O–H groups in total. The Labute approximate surface area is 118 Å². The van der Waals surface area contributed by atoms with Crippen LogP contribution in [0.2, 0.25) is 0 Å². The van der Waals surface area contributed by atoms with Gasteiger partial charge >= 0.3 is 0 Å². The molecule has 110 valence electrons. The van der Waals surface area contributed by atoms with Crippen molar-refractivity contribution in [2.45, 2.75) is 19.9 Å². The van der Waals surface area contributed by atoms with Gasteiger partial charge in [-0.05, 0) is 31.0 Å². The molecule has 0 spiro atoms. The molecular formula is C15H21FN2O2. The minimum Gasteiger partial charge on any atom is -0.378 e. The van der Waals surface area contributed by atoms with Crippen molar-refractivity contribution in [2.24, 2.45) is 0 Å². The van der Waals surface area contributed by atoms with Gasteiger partial charge in [-0.3, -0.25) is 4.79 Å². The van der Waals surface area contributed by atoms with Crippen LogP contribution in [0.5, 0.6) is 0 Å². The molecular weight excluding hydrogens is 259 g/mol. The van der Waals surface area contributed by atoms with Crippen LogP contribution in [-0.2, 0) is 9.53 Å². The predicted molar refractivity (Wildman–Crippen MR) is 75.0 cm³/mol. The number of hydrogen-bond acceptors (Lipinski definition) is 3. The second-order valence-electron chi connectivity index (χ2n) is 5.10. The third-order valence-corrected chi connectivity index (χ3v) is 3.62. The standard InChI is InChI=1S/C15H21FN2O2/c1-11-3-4-13(9-14(11)16)12(2)17-10-15(19)18-5-7-20-8-6-18/h3-4,9,12,17H,5-8,10H2,1-2H3. The van der Waals surface area contributed by atoms with Gasteiger partial charge in [-0.25, -0.2) is 4.39 Å². The quantitative estimate of drug-likeness (QED) is 0.911. The molecule has 1 aliphatic heterocycles. The van der Waals surface area contributed by atoms with E-state index in [4.69, 9.17) is 4.74 Å². The number of carbonyl (C=O) groups excluding carboxylic acids is 1. The molecule has 0 aromatic heterocycles. The van der Waals surface area contributed by atoms with E-state index in [0.717, 1.165) is 5.56 Å². The fourth-order valence-corrected chi connectivity index (χ4v) is 2.16. The van der Waals surface area contributed by atoms with E-state index in [1.807, 2.05) is 13.0 Å². The molecule has 1 aromatic carbocycles. The molecule has 1 heterocycles. The molecule has 0 aliphatic carbocycles. The lowest BCUT2D eigenvalue weighted by Crippen LogP contribution is -2.45. The minimum absolute atomic E-state index is 0.0601. The van der Waals surface area contributed by atoms with E-state index in [-0.39, 0.29) is 24.3 Å². The highest BCUT2D eigenvalue weighted by molar-refractivity contribution is 5.78. The zero-order chi connectivity index (χ0) is 14.5. The maximum atomic E-state index is 13.5. The average Bonchev–Trinajstić information content (AvgIpc) is 2.48. The number of morpholine rings is 1. The van der Waals surface area contributed by atoms with E-state index in [1.165, 1.54) is 6.07 Å². The summed E-state index contributed by atoms with van der Waals surface area (Å²) in [5, 5.41) is 3.14. The van der Waals surface area contributed by atoms with Gasteiger partial charge < -0.3 is 15.0 Å². The molecule has 4 nitrogen and oxygen atoms in total. The molecule has 1 amide bonds. The van der Waals surface area contributed by atoms with Gasteiger partial charge in [-0.2, -0.15) is 0 Å². The van der Waals surface area contributed by atoms with Crippen molar-refractivity contribution in [1.82, 2.24) is 10.2 Å². The zero-order valence-corrected chi connectivity index (χ0v) is 12.0. The first-order valence-corrected chi connectivity index (χ1v) is 6.93. The third-order valence-electron chi connectivity index (χ3n) is 3.62. The first-order valence-electron chi connectivity index (χ1n) is 6.93. The SMILES string of the molecule is Cc1ccc(C(C)NCC(=O)N2CCOCC2)cc1F. The van der Waals surface area contributed by atoms with E-state index < -0.39 is 0 Å². The molecule has 2 rings (SSSR count). The summed E-state index contributed by atoms with van der Waals surface area (Å²) in [4.78, 5) is 13.8. The molecule has 20 heavy (non-hydrogen) atoms. The molecule has 5 heteroatoms. The van der Waals surface area contributed by atoms with Crippen molar-refractivity contribution >= 4 is 5.91 Å². The number of carbonyl (C=O) groups is 1. The van der Waals surface area contributed by atoms with Crippen LogP contribution in [0.15, 0.2) is 18.2 Å². The normalized spacial score (nSPS) is 17.1. The molecule has 1 saturated heterocycles. The minimum atomic E-state index is -0.212. The lowest BCUT2D eigenvalue weighted by Gasteiger charge is -2.27. The van der Waals surface area contributed by atoms with Gasteiger partial charge in [0.05, 0.1) is 19.8 Å². The Morgan fingerprint density at radius 2 is 2.15 bits per heavy atom. The van der Waals surface area contributed by atoms with Crippen molar-refractivity contribution in [3.8, 4) is 0 Å². The first-order chi connectivity index (χ1) is 9.58. The van der Waals surface area contributed by atoms with Gasteiger partial charge in [0.25, 0.3) is 0 Å². The lowest BCUT2D eigenvalue weighted by atomic mass is 10.1. The van der Waals surface area contributed by atoms with Crippen LogP contribution in [0.1, 0.15) is 24.1 Å². The zero-order valence-electron chi connectivity index (χ0n) is 12.0. The number of nitrogens with one attached hydrogen (secondary N) is 1. The van der Waals surface area contributed by atoms with Crippen molar-refractivity contribution in [2.75, 3.05) is 32.8 Å². The summed E-state index contributed by atoms with van der Waals surface area (Å²) in [7, 11) is 0. The highest BCUT2D eigenvalue weighted by Gasteiger charge is 2.17. The van der Waals surface area contributed by atoms with Crippen LogP contribution in [0, 0.1) is 12.7 Å². The van der Waals surface area contributed by atoms with E-state index in [1.54, 1.807) is 17.9 Å². The summed E-state index contributed by atoms with van der Waals surface area (Å²) in [5.74, 6) is -0.150.